The third-order valence-corrected chi connectivity index (χ3v) is 2.75. The average molecular weight is 292 g/mol. The van der Waals surface area contributed by atoms with Gasteiger partial charge in [-0.25, -0.2) is 0 Å². The summed E-state index contributed by atoms with van der Waals surface area (Å²) in [5.41, 5.74) is -0.199. The summed E-state index contributed by atoms with van der Waals surface area (Å²) in [6, 6.07) is 0. The van der Waals surface area contributed by atoms with Crippen LogP contribution >= 0.6 is 0 Å². The van der Waals surface area contributed by atoms with Gasteiger partial charge in [0.1, 0.15) is 0 Å². The summed E-state index contributed by atoms with van der Waals surface area (Å²) in [5.74, 6) is -1.04. The zero-order valence-electron chi connectivity index (χ0n) is 13.4. The molecule has 0 saturated heterocycles. The van der Waals surface area contributed by atoms with Crippen LogP contribution in [-0.4, -0.2) is 49.6 Å². The minimum atomic E-state index is -0.802. The number of hydrogen-bond donors (Lipinski definition) is 1. The van der Waals surface area contributed by atoms with E-state index >= 15 is 0 Å². The second kappa shape index (κ2) is 11.7. The van der Waals surface area contributed by atoms with Crippen molar-refractivity contribution in [3.05, 3.63) is 0 Å². The van der Waals surface area contributed by atoms with Gasteiger partial charge in [-0.05, 0) is 20.3 Å². The molecule has 20 heavy (non-hydrogen) atoms. The van der Waals surface area contributed by atoms with Gasteiger partial charge in [0.2, 0.25) is 0 Å². The summed E-state index contributed by atoms with van der Waals surface area (Å²) >= 11 is 0. The van der Waals surface area contributed by atoms with Crippen LogP contribution in [0.2, 0.25) is 0 Å². The van der Waals surface area contributed by atoms with Crippen molar-refractivity contribution in [2.75, 3.05) is 20.8 Å². The Labute approximate surface area is 121 Å². The van der Waals surface area contributed by atoms with Crippen molar-refractivity contribution < 1.29 is 28.9 Å². The van der Waals surface area contributed by atoms with Crippen LogP contribution in [-0.2, 0) is 23.8 Å². The first-order valence-corrected chi connectivity index (χ1v) is 6.61. The van der Waals surface area contributed by atoms with Crippen LogP contribution in [0.4, 0.5) is 0 Å². The third-order valence-electron chi connectivity index (χ3n) is 2.75. The van der Waals surface area contributed by atoms with Crippen molar-refractivity contribution >= 4 is 11.9 Å². The number of carbonyl (C=O) groups is 2. The van der Waals surface area contributed by atoms with Crippen LogP contribution in [0.25, 0.3) is 0 Å². The summed E-state index contributed by atoms with van der Waals surface area (Å²) in [6.07, 6.45) is 1.46. The zero-order valence-corrected chi connectivity index (χ0v) is 13.4. The standard InChI is InChI=1S/C8H16O3.C6H12O3/c1-7(9)11-6-5-8(2,3)10-4;1-3-5(9-2)4-6(7)8/h5-6H2,1-4H3;5H,3-4H2,1-2H3,(H,7,8). The molecule has 0 spiro atoms. The van der Waals surface area contributed by atoms with Gasteiger partial charge in [0.05, 0.1) is 24.7 Å². The molecule has 0 aliphatic carbocycles. The van der Waals surface area contributed by atoms with Crippen molar-refractivity contribution in [3.63, 3.8) is 0 Å². The van der Waals surface area contributed by atoms with Crippen LogP contribution in [0.15, 0.2) is 0 Å². The Hall–Kier alpha value is -1.14. The smallest absolute Gasteiger partial charge is 0.305 e. The number of carboxylic acid groups (broad SMARTS) is 1. The maximum Gasteiger partial charge on any atom is 0.305 e. The molecule has 0 heterocycles. The molecule has 0 radical (unpaired) electrons. The molecule has 120 valence electrons. The molecule has 0 aliphatic heterocycles. The number of ether oxygens (including phenoxy) is 3. The highest BCUT2D eigenvalue weighted by Gasteiger charge is 2.15. The molecule has 0 amide bonds. The molecule has 1 unspecified atom stereocenters. The van der Waals surface area contributed by atoms with Gasteiger partial charge in [-0.2, -0.15) is 0 Å². The molecule has 0 aliphatic rings. The average Bonchev–Trinajstić information content (AvgIpc) is 2.35. The molecule has 6 nitrogen and oxygen atoms in total. The number of rotatable bonds is 8. The summed E-state index contributed by atoms with van der Waals surface area (Å²) in [6.45, 7) is 7.64. The Kier molecular flexibility index (Phi) is 12.3. The molecule has 0 aromatic rings. The molecular weight excluding hydrogens is 264 g/mol. The van der Waals surface area contributed by atoms with Crippen molar-refractivity contribution in [3.8, 4) is 0 Å². The lowest BCUT2D eigenvalue weighted by atomic mass is 10.1. The summed E-state index contributed by atoms with van der Waals surface area (Å²) in [4.78, 5) is 20.4. The molecule has 0 bridgehead atoms. The number of carbonyl (C=O) groups excluding carboxylic acids is 1. The van der Waals surface area contributed by atoms with Crippen LogP contribution in [0.1, 0.15) is 47.0 Å². The molecule has 0 rings (SSSR count). The first kappa shape index (κ1) is 21.2. The first-order chi connectivity index (χ1) is 9.18. The molecule has 1 N–H and O–H groups in total. The van der Waals surface area contributed by atoms with Crippen molar-refractivity contribution in [2.24, 2.45) is 0 Å². The predicted octanol–water partition coefficient (Wildman–Crippen LogP) is 2.25. The Morgan fingerprint density at radius 2 is 1.80 bits per heavy atom. The highest BCUT2D eigenvalue weighted by Crippen LogP contribution is 2.12. The maximum atomic E-state index is 10.4. The summed E-state index contributed by atoms with van der Waals surface area (Å²) in [5, 5.41) is 8.27. The fraction of sp³-hybridized carbons (Fsp3) is 0.857. The van der Waals surface area contributed by atoms with E-state index in [0.717, 1.165) is 12.8 Å². The highest BCUT2D eigenvalue weighted by molar-refractivity contribution is 5.67. The normalized spacial score (nSPS) is 12.1. The van der Waals surface area contributed by atoms with E-state index in [9.17, 15) is 9.59 Å². The van der Waals surface area contributed by atoms with Crippen LogP contribution < -0.4 is 0 Å². The van der Waals surface area contributed by atoms with Crippen LogP contribution in [0.3, 0.4) is 0 Å². The van der Waals surface area contributed by atoms with Crippen molar-refractivity contribution in [2.45, 2.75) is 58.7 Å². The molecule has 0 saturated carbocycles. The molecule has 0 aromatic carbocycles. The van der Waals surface area contributed by atoms with E-state index in [0.29, 0.717) is 6.61 Å². The number of hydrogen-bond acceptors (Lipinski definition) is 5. The number of aliphatic carboxylic acids is 1. The Balaban J connectivity index is 0. The predicted molar refractivity (Wildman–Crippen MR) is 75.7 cm³/mol. The van der Waals surface area contributed by atoms with Gasteiger partial charge in [0.15, 0.2) is 0 Å². The molecule has 1 atom stereocenters. The monoisotopic (exact) mass is 292 g/mol. The lowest BCUT2D eigenvalue weighted by Gasteiger charge is -2.21. The van der Waals surface area contributed by atoms with E-state index in [2.05, 4.69) is 0 Å². The third kappa shape index (κ3) is 14.9. The minimum Gasteiger partial charge on any atom is -0.481 e. The Morgan fingerprint density at radius 1 is 1.25 bits per heavy atom. The number of carboxylic acids is 1. The van der Waals surface area contributed by atoms with Gasteiger partial charge in [-0.3, -0.25) is 9.59 Å². The highest BCUT2D eigenvalue weighted by atomic mass is 16.5. The van der Waals surface area contributed by atoms with E-state index in [1.54, 1.807) is 7.11 Å². The number of methoxy groups -OCH3 is 2. The van der Waals surface area contributed by atoms with Crippen molar-refractivity contribution in [1.29, 1.82) is 0 Å². The lowest BCUT2D eigenvalue weighted by Crippen LogP contribution is -2.24. The first-order valence-electron chi connectivity index (χ1n) is 6.61. The van der Waals surface area contributed by atoms with E-state index in [1.165, 1.54) is 14.0 Å². The van der Waals surface area contributed by atoms with Gasteiger partial charge < -0.3 is 19.3 Å². The Morgan fingerprint density at radius 3 is 2.05 bits per heavy atom. The van der Waals surface area contributed by atoms with Gasteiger partial charge >= 0.3 is 11.9 Å². The zero-order chi connectivity index (χ0) is 16.2. The van der Waals surface area contributed by atoms with Crippen LogP contribution in [0, 0.1) is 0 Å². The number of esters is 1. The lowest BCUT2D eigenvalue weighted by molar-refractivity contribution is -0.142. The van der Waals surface area contributed by atoms with E-state index in [1.807, 2.05) is 20.8 Å². The van der Waals surface area contributed by atoms with Gasteiger partial charge in [-0.15, -0.1) is 0 Å². The topological polar surface area (TPSA) is 82.1 Å². The van der Waals surface area contributed by atoms with Crippen LogP contribution in [0.5, 0.6) is 0 Å². The van der Waals surface area contributed by atoms with E-state index in [4.69, 9.17) is 19.3 Å². The fourth-order valence-electron chi connectivity index (χ4n) is 1.13. The molecule has 6 heteroatoms. The second-order valence-electron chi connectivity index (χ2n) is 4.92. The maximum absolute atomic E-state index is 10.4. The van der Waals surface area contributed by atoms with E-state index < -0.39 is 5.97 Å². The Bertz CT molecular complexity index is 271. The fourth-order valence-corrected chi connectivity index (χ4v) is 1.13. The molecular formula is C14H28O6. The summed E-state index contributed by atoms with van der Waals surface area (Å²) < 4.78 is 14.7. The molecule has 0 fully saturated rings. The van der Waals surface area contributed by atoms with E-state index in [-0.39, 0.29) is 24.1 Å². The van der Waals surface area contributed by atoms with Gasteiger partial charge in [-0.1, -0.05) is 6.92 Å². The largest absolute Gasteiger partial charge is 0.481 e. The minimum absolute atomic E-state index is 0.104. The summed E-state index contributed by atoms with van der Waals surface area (Å²) in [7, 11) is 3.17. The van der Waals surface area contributed by atoms with Gasteiger partial charge in [0.25, 0.3) is 0 Å². The van der Waals surface area contributed by atoms with Gasteiger partial charge in [0, 0.05) is 27.6 Å². The quantitative estimate of drug-likeness (QED) is 0.691. The SMILES string of the molecule is CCC(CC(=O)O)OC.COC(C)(C)CCOC(C)=O. The van der Waals surface area contributed by atoms with Crippen molar-refractivity contribution in [1.82, 2.24) is 0 Å². The molecule has 0 aromatic heterocycles. The second-order valence-corrected chi connectivity index (χ2v) is 4.92.